The van der Waals surface area contributed by atoms with Crippen molar-refractivity contribution in [3.63, 3.8) is 0 Å². The minimum atomic E-state index is -1.02. The van der Waals surface area contributed by atoms with E-state index >= 15 is 0 Å². The van der Waals surface area contributed by atoms with Gasteiger partial charge in [0, 0.05) is 26.7 Å². The molecule has 0 spiro atoms. The molecule has 4 nitrogen and oxygen atoms in total. The van der Waals surface area contributed by atoms with Gasteiger partial charge >= 0.3 is 5.97 Å². The van der Waals surface area contributed by atoms with Gasteiger partial charge in [-0.15, -0.1) is 11.8 Å². The smallest absolute Gasteiger partial charge is 0.355 e. The first-order valence-corrected chi connectivity index (χ1v) is 8.68. The second kappa shape index (κ2) is 5.69. The Morgan fingerprint density at radius 2 is 1.92 bits per heavy atom. The highest BCUT2D eigenvalue weighted by molar-refractivity contribution is 7.98. The van der Waals surface area contributed by atoms with Gasteiger partial charge in [0.05, 0.1) is 11.7 Å². The Labute approximate surface area is 142 Å². The Morgan fingerprint density at radius 3 is 2.62 bits per heavy atom. The van der Waals surface area contributed by atoms with Gasteiger partial charge in [0.2, 0.25) is 0 Å². The topological polar surface area (TPSA) is 66.0 Å². The predicted octanol–water partition coefficient (Wildman–Crippen LogP) is 4.80. The maximum Gasteiger partial charge on any atom is 0.355 e. The van der Waals surface area contributed by atoms with Crippen molar-refractivity contribution in [3.8, 4) is 11.1 Å². The number of aromatic amines is 1. The summed E-state index contributed by atoms with van der Waals surface area (Å²) in [5, 5.41) is 11.5. The van der Waals surface area contributed by atoms with E-state index in [1.807, 2.05) is 42.7 Å². The predicted molar refractivity (Wildman–Crippen MR) is 97.8 cm³/mol. The number of H-pyrrole nitrogens is 1. The summed E-state index contributed by atoms with van der Waals surface area (Å²) in [4.78, 5) is 20.4. The second-order valence-electron chi connectivity index (χ2n) is 5.48. The largest absolute Gasteiger partial charge is 0.476 e. The molecule has 0 fully saturated rings. The fraction of sp³-hybridized carbons (Fsp3) is 0.0526. The molecule has 0 saturated carbocycles. The Morgan fingerprint density at radius 1 is 1.12 bits per heavy atom. The number of hydrogen-bond donors (Lipinski definition) is 2. The zero-order valence-electron chi connectivity index (χ0n) is 12.9. The molecule has 2 aromatic carbocycles. The Hall–Kier alpha value is -2.79. The minimum Gasteiger partial charge on any atom is -0.476 e. The highest BCUT2D eigenvalue weighted by Gasteiger charge is 2.20. The summed E-state index contributed by atoms with van der Waals surface area (Å²) >= 11 is 1.66. The molecular formula is C19H14N2O2S. The third-order valence-corrected chi connectivity index (χ3v) is 4.83. The van der Waals surface area contributed by atoms with Crippen LogP contribution in [0.4, 0.5) is 0 Å². The second-order valence-corrected chi connectivity index (χ2v) is 6.36. The maximum absolute atomic E-state index is 11.7. The summed E-state index contributed by atoms with van der Waals surface area (Å²) in [7, 11) is 0. The van der Waals surface area contributed by atoms with E-state index in [4.69, 9.17) is 0 Å². The molecular weight excluding hydrogens is 320 g/mol. The summed E-state index contributed by atoms with van der Waals surface area (Å²) in [6, 6.07) is 15.7. The molecule has 0 radical (unpaired) electrons. The van der Waals surface area contributed by atoms with Gasteiger partial charge in [-0.05, 0) is 30.0 Å². The van der Waals surface area contributed by atoms with Crippen molar-refractivity contribution in [3.05, 3.63) is 60.4 Å². The highest BCUT2D eigenvalue weighted by Crippen LogP contribution is 2.37. The zero-order valence-corrected chi connectivity index (χ0v) is 13.7. The van der Waals surface area contributed by atoms with E-state index in [9.17, 15) is 9.90 Å². The molecule has 2 heterocycles. The Balaban J connectivity index is 2.19. The number of carbonyl (C=O) groups is 1. The Kier molecular flexibility index (Phi) is 3.50. The van der Waals surface area contributed by atoms with Crippen LogP contribution in [0, 0.1) is 0 Å². The molecule has 4 aromatic rings. The van der Waals surface area contributed by atoms with Crippen molar-refractivity contribution in [2.45, 2.75) is 4.90 Å². The average Bonchev–Trinajstić information content (AvgIpc) is 2.99. The maximum atomic E-state index is 11.7. The SMILES string of the molecule is CSc1ccc2[nH]c3cnc(C(=O)O)c(-c4ccccc4)c3c2c1. The number of thioether (sulfide) groups is 1. The van der Waals surface area contributed by atoms with Crippen LogP contribution >= 0.6 is 11.8 Å². The van der Waals surface area contributed by atoms with Gasteiger partial charge in [0.15, 0.2) is 5.69 Å². The number of fused-ring (bicyclic) bond motifs is 3. The Bertz CT molecular complexity index is 1070. The van der Waals surface area contributed by atoms with Gasteiger partial charge in [0.1, 0.15) is 0 Å². The quantitative estimate of drug-likeness (QED) is 0.528. The van der Waals surface area contributed by atoms with Crippen LogP contribution in [0.25, 0.3) is 32.9 Å². The molecule has 118 valence electrons. The van der Waals surface area contributed by atoms with E-state index in [-0.39, 0.29) is 5.69 Å². The van der Waals surface area contributed by atoms with Gasteiger partial charge in [-0.2, -0.15) is 0 Å². The van der Waals surface area contributed by atoms with Crippen molar-refractivity contribution < 1.29 is 9.90 Å². The van der Waals surface area contributed by atoms with Crippen LogP contribution < -0.4 is 0 Å². The first kappa shape index (κ1) is 14.8. The van der Waals surface area contributed by atoms with E-state index in [2.05, 4.69) is 22.1 Å². The van der Waals surface area contributed by atoms with Crippen LogP contribution in [0.2, 0.25) is 0 Å². The monoisotopic (exact) mass is 334 g/mol. The lowest BCUT2D eigenvalue weighted by Crippen LogP contribution is -2.03. The van der Waals surface area contributed by atoms with E-state index in [1.165, 1.54) is 0 Å². The molecule has 24 heavy (non-hydrogen) atoms. The third kappa shape index (κ3) is 2.25. The lowest BCUT2D eigenvalue weighted by atomic mass is 9.98. The van der Waals surface area contributed by atoms with Crippen molar-refractivity contribution in [2.75, 3.05) is 6.26 Å². The molecule has 0 saturated heterocycles. The molecule has 2 N–H and O–H groups in total. The molecule has 0 amide bonds. The lowest BCUT2D eigenvalue weighted by Gasteiger charge is -2.08. The summed E-state index contributed by atoms with van der Waals surface area (Å²) in [6.45, 7) is 0. The van der Waals surface area contributed by atoms with Gasteiger partial charge < -0.3 is 10.1 Å². The summed E-state index contributed by atoms with van der Waals surface area (Å²) < 4.78 is 0. The first-order valence-electron chi connectivity index (χ1n) is 7.46. The molecule has 5 heteroatoms. The fourth-order valence-electron chi connectivity index (χ4n) is 3.05. The van der Waals surface area contributed by atoms with E-state index in [0.717, 1.165) is 32.3 Å². The van der Waals surface area contributed by atoms with E-state index in [1.54, 1.807) is 18.0 Å². The van der Waals surface area contributed by atoms with Crippen molar-refractivity contribution in [1.29, 1.82) is 0 Å². The number of pyridine rings is 1. The molecule has 4 rings (SSSR count). The standard InChI is InChI=1S/C19H14N2O2S/c1-24-12-7-8-14-13(9-12)17-15(21-14)10-20-18(19(22)23)16(17)11-5-3-2-4-6-11/h2-10,21H,1H3,(H,22,23). The number of aromatic carboxylic acids is 1. The average molecular weight is 334 g/mol. The number of nitrogens with zero attached hydrogens (tertiary/aromatic N) is 1. The molecule has 0 bridgehead atoms. The van der Waals surface area contributed by atoms with Crippen LogP contribution in [-0.4, -0.2) is 27.3 Å². The normalized spacial score (nSPS) is 11.2. The first-order chi connectivity index (χ1) is 11.7. The number of carboxylic acids is 1. The number of hydrogen-bond acceptors (Lipinski definition) is 3. The van der Waals surface area contributed by atoms with Gasteiger partial charge in [-0.25, -0.2) is 9.78 Å². The minimum absolute atomic E-state index is 0.0733. The van der Waals surface area contributed by atoms with Crippen molar-refractivity contribution in [2.24, 2.45) is 0 Å². The van der Waals surface area contributed by atoms with Crippen molar-refractivity contribution in [1.82, 2.24) is 9.97 Å². The van der Waals surface area contributed by atoms with Crippen LogP contribution in [0.15, 0.2) is 59.6 Å². The number of aromatic nitrogens is 2. The highest BCUT2D eigenvalue weighted by atomic mass is 32.2. The lowest BCUT2D eigenvalue weighted by molar-refractivity contribution is 0.0691. The van der Waals surface area contributed by atoms with Gasteiger partial charge in [-0.1, -0.05) is 30.3 Å². The van der Waals surface area contributed by atoms with Crippen LogP contribution in [-0.2, 0) is 0 Å². The fourth-order valence-corrected chi connectivity index (χ4v) is 3.48. The van der Waals surface area contributed by atoms with Crippen molar-refractivity contribution >= 4 is 39.5 Å². The van der Waals surface area contributed by atoms with Crippen LogP contribution in [0.3, 0.4) is 0 Å². The van der Waals surface area contributed by atoms with Crippen LogP contribution in [0.5, 0.6) is 0 Å². The number of carboxylic acid groups (broad SMARTS) is 1. The molecule has 0 atom stereocenters. The van der Waals surface area contributed by atoms with E-state index in [0.29, 0.717) is 5.56 Å². The number of nitrogens with one attached hydrogen (secondary N) is 1. The molecule has 0 aliphatic heterocycles. The summed E-state index contributed by atoms with van der Waals surface area (Å²) in [5.41, 5.74) is 3.40. The molecule has 0 aliphatic rings. The molecule has 0 unspecified atom stereocenters. The summed E-state index contributed by atoms with van der Waals surface area (Å²) in [5.74, 6) is -1.02. The zero-order chi connectivity index (χ0) is 16.7. The van der Waals surface area contributed by atoms with E-state index < -0.39 is 5.97 Å². The summed E-state index contributed by atoms with van der Waals surface area (Å²) in [6.07, 6.45) is 3.63. The van der Waals surface area contributed by atoms with Crippen LogP contribution in [0.1, 0.15) is 10.5 Å². The molecule has 0 aliphatic carbocycles. The van der Waals surface area contributed by atoms with Gasteiger partial charge in [-0.3, -0.25) is 0 Å². The molecule has 2 aromatic heterocycles. The third-order valence-electron chi connectivity index (χ3n) is 4.11. The number of benzene rings is 2. The van der Waals surface area contributed by atoms with Gasteiger partial charge in [0.25, 0.3) is 0 Å². The number of rotatable bonds is 3.